The largest absolute Gasteiger partial charge is 0.497 e. The molecular weight excluding hydrogens is 362 g/mol. The Bertz CT molecular complexity index is 974. The van der Waals surface area contributed by atoms with Gasteiger partial charge in [-0.15, -0.1) is 22.7 Å². The molecule has 2 N–H and O–H groups in total. The van der Waals surface area contributed by atoms with E-state index in [1.54, 1.807) is 29.8 Å². The van der Waals surface area contributed by atoms with Crippen LogP contribution < -0.4 is 10.1 Å². The molecule has 0 saturated carbocycles. The molecule has 0 aliphatic rings. The highest BCUT2D eigenvalue weighted by atomic mass is 32.1. The second-order valence-corrected chi connectivity index (χ2v) is 8.19. The van der Waals surface area contributed by atoms with Crippen molar-refractivity contribution in [3.63, 3.8) is 0 Å². The molecule has 134 valence electrons. The first-order valence-electron chi connectivity index (χ1n) is 8.55. The summed E-state index contributed by atoms with van der Waals surface area (Å²) in [5.74, 6) is 0.887. The van der Waals surface area contributed by atoms with Gasteiger partial charge in [-0.05, 0) is 42.1 Å². The second-order valence-electron chi connectivity index (χ2n) is 6.23. The first-order valence-corrected chi connectivity index (χ1v) is 10.3. The Labute approximate surface area is 160 Å². The monoisotopic (exact) mass is 383 g/mol. The number of aryl methyl sites for hydroxylation is 1. The van der Waals surface area contributed by atoms with Crippen LogP contribution in [0.5, 0.6) is 5.75 Å². The first-order chi connectivity index (χ1) is 12.7. The molecule has 1 atom stereocenters. The average Bonchev–Trinajstić information content (AvgIpc) is 3.41. The molecule has 0 bridgehead atoms. The van der Waals surface area contributed by atoms with Gasteiger partial charge in [0.1, 0.15) is 10.8 Å². The molecule has 0 aliphatic heterocycles. The number of methoxy groups -OCH3 is 1. The summed E-state index contributed by atoms with van der Waals surface area (Å²) in [6.07, 6.45) is 2.84. The number of thiazole rings is 1. The third-order valence-electron chi connectivity index (χ3n) is 4.63. The molecule has 0 saturated heterocycles. The summed E-state index contributed by atoms with van der Waals surface area (Å²) in [6, 6.07) is 10.7. The van der Waals surface area contributed by atoms with Gasteiger partial charge in [0.05, 0.1) is 13.2 Å². The van der Waals surface area contributed by atoms with Crippen molar-refractivity contribution in [2.24, 2.45) is 0 Å². The van der Waals surface area contributed by atoms with E-state index in [9.17, 15) is 0 Å². The molecule has 4 nitrogen and oxygen atoms in total. The number of aromatic amines is 1. The number of H-pyrrole nitrogens is 1. The van der Waals surface area contributed by atoms with E-state index in [2.05, 4.69) is 51.9 Å². The fourth-order valence-electron chi connectivity index (χ4n) is 3.17. The molecule has 3 aromatic heterocycles. The fraction of sp³-hybridized carbons (Fsp3) is 0.250. The zero-order chi connectivity index (χ0) is 17.9. The van der Waals surface area contributed by atoms with Crippen molar-refractivity contribution in [3.05, 3.63) is 68.4 Å². The minimum absolute atomic E-state index is 0.217. The quantitative estimate of drug-likeness (QED) is 0.468. The lowest BCUT2D eigenvalue weighted by atomic mass is 10.1. The van der Waals surface area contributed by atoms with Gasteiger partial charge in [-0.25, -0.2) is 4.98 Å². The molecule has 3 heterocycles. The van der Waals surface area contributed by atoms with Crippen LogP contribution in [-0.2, 0) is 13.0 Å². The van der Waals surface area contributed by atoms with Gasteiger partial charge < -0.3 is 15.0 Å². The van der Waals surface area contributed by atoms with E-state index in [0.29, 0.717) is 0 Å². The summed E-state index contributed by atoms with van der Waals surface area (Å²) in [6.45, 7) is 2.94. The van der Waals surface area contributed by atoms with Gasteiger partial charge in [-0.2, -0.15) is 0 Å². The number of hydrogen-bond acceptors (Lipinski definition) is 5. The SMILES string of the molecule is COc1ccc2[nH]c(CN[C@@H](Cc3cccs3)c3nccs3)c(C)c2c1. The maximum atomic E-state index is 5.36. The van der Waals surface area contributed by atoms with Gasteiger partial charge in [-0.3, -0.25) is 0 Å². The van der Waals surface area contributed by atoms with Crippen molar-refractivity contribution < 1.29 is 4.74 Å². The molecule has 0 unspecified atom stereocenters. The second kappa shape index (κ2) is 7.61. The lowest BCUT2D eigenvalue weighted by molar-refractivity contribution is 0.415. The molecule has 0 spiro atoms. The normalized spacial score (nSPS) is 12.5. The van der Waals surface area contributed by atoms with Crippen LogP contribution in [0, 0.1) is 6.92 Å². The third kappa shape index (κ3) is 3.53. The van der Waals surface area contributed by atoms with Gasteiger partial charge in [0, 0.05) is 46.0 Å². The minimum atomic E-state index is 0.217. The van der Waals surface area contributed by atoms with Crippen LogP contribution in [0.3, 0.4) is 0 Å². The molecule has 26 heavy (non-hydrogen) atoms. The van der Waals surface area contributed by atoms with Crippen LogP contribution in [0.25, 0.3) is 10.9 Å². The van der Waals surface area contributed by atoms with E-state index in [1.807, 2.05) is 17.6 Å². The summed E-state index contributed by atoms with van der Waals surface area (Å²) >= 11 is 3.50. The Morgan fingerprint density at radius 3 is 2.88 bits per heavy atom. The molecule has 0 aliphatic carbocycles. The van der Waals surface area contributed by atoms with E-state index in [4.69, 9.17) is 4.74 Å². The van der Waals surface area contributed by atoms with Crippen molar-refractivity contribution in [1.82, 2.24) is 15.3 Å². The maximum Gasteiger partial charge on any atom is 0.119 e. The summed E-state index contributed by atoms with van der Waals surface area (Å²) in [4.78, 5) is 9.44. The Kier molecular flexibility index (Phi) is 5.06. The third-order valence-corrected chi connectivity index (χ3v) is 6.42. The molecule has 0 amide bonds. The number of rotatable bonds is 7. The van der Waals surface area contributed by atoms with Gasteiger partial charge >= 0.3 is 0 Å². The van der Waals surface area contributed by atoms with Crippen molar-refractivity contribution in [1.29, 1.82) is 0 Å². The molecule has 1 aromatic carbocycles. The number of hydrogen-bond donors (Lipinski definition) is 2. The number of fused-ring (bicyclic) bond motifs is 1. The summed E-state index contributed by atoms with van der Waals surface area (Å²) < 4.78 is 5.36. The predicted octanol–water partition coefficient (Wildman–Crippen LogP) is 5.08. The molecule has 6 heteroatoms. The Balaban J connectivity index is 1.55. The highest BCUT2D eigenvalue weighted by Gasteiger charge is 2.17. The van der Waals surface area contributed by atoms with Crippen LogP contribution in [0.15, 0.2) is 47.3 Å². The van der Waals surface area contributed by atoms with Crippen LogP contribution >= 0.6 is 22.7 Å². The molecule has 4 aromatic rings. The van der Waals surface area contributed by atoms with E-state index >= 15 is 0 Å². The number of thiophene rings is 1. The van der Waals surface area contributed by atoms with E-state index < -0.39 is 0 Å². The van der Waals surface area contributed by atoms with Crippen LogP contribution in [0.2, 0.25) is 0 Å². The standard InChI is InChI=1S/C20H21N3OS2/c1-13-16-10-14(24-2)5-6-17(16)23-19(13)12-22-18(20-21-7-9-26-20)11-15-4-3-8-25-15/h3-10,18,22-23H,11-12H2,1-2H3/t18-/m0/s1. The lowest BCUT2D eigenvalue weighted by Gasteiger charge is -2.16. The van der Waals surface area contributed by atoms with Crippen molar-refractivity contribution in [2.75, 3.05) is 7.11 Å². The lowest BCUT2D eigenvalue weighted by Crippen LogP contribution is -2.23. The van der Waals surface area contributed by atoms with E-state index in [0.717, 1.165) is 29.2 Å². The number of nitrogens with one attached hydrogen (secondary N) is 2. The van der Waals surface area contributed by atoms with Gasteiger partial charge in [0.15, 0.2) is 0 Å². The minimum Gasteiger partial charge on any atom is -0.497 e. The number of aromatic nitrogens is 2. The molecule has 0 radical (unpaired) electrons. The van der Waals surface area contributed by atoms with Gasteiger partial charge in [0.2, 0.25) is 0 Å². The van der Waals surface area contributed by atoms with E-state index in [-0.39, 0.29) is 6.04 Å². The summed E-state index contributed by atoms with van der Waals surface area (Å²) in [7, 11) is 1.70. The summed E-state index contributed by atoms with van der Waals surface area (Å²) in [5, 5.41) is 10.2. The topological polar surface area (TPSA) is 49.9 Å². The van der Waals surface area contributed by atoms with Crippen molar-refractivity contribution in [3.8, 4) is 5.75 Å². The number of nitrogens with zero attached hydrogens (tertiary/aromatic N) is 1. The molecule has 4 rings (SSSR count). The Morgan fingerprint density at radius 2 is 2.15 bits per heavy atom. The fourth-order valence-corrected chi connectivity index (χ4v) is 4.64. The molecular formula is C20H21N3OS2. The zero-order valence-corrected chi connectivity index (χ0v) is 16.4. The first kappa shape index (κ1) is 17.3. The van der Waals surface area contributed by atoms with E-state index in [1.165, 1.54) is 21.5 Å². The Hall–Kier alpha value is -2.15. The van der Waals surface area contributed by atoms with Crippen molar-refractivity contribution >= 4 is 33.6 Å². The highest BCUT2D eigenvalue weighted by molar-refractivity contribution is 7.10. The molecule has 0 fully saturated rings. The Morgan fingerprint density at radius 1 is 1.23 bits per heavy atom. The van der Waals surface area contributed by atoms with Gasteiger partial charge in [0.25, 0.3) is 0 Å². The summed E-state index contributed by atoms with van der Waals surface area (Å²) in [5.41, 5.74) is 3.62. The van der Waals surface area contributed by atoms with Crippen LogP contribution in [0.1, 0.15) is 27.2 Å². The smallest absolute Gasteiger partial charge is 0.119 e. The average molecular weight is 384 g/mol. The predicted molar refractivity (Wildman–Crippen MR) is 109 cm³/mol. The highest BCUT2D eigenvalue weighted by Crippen LogP contribution is 2.27. The van der Waals surface area contributed by atoms with Crippen LogP contribution in [0.4, 0.5) is 0 Å². The maximum absolute atomic E-state index is 5.36. The number of benzene rings is 1. The van der Waals surface area contributed by atoms with Crippen molar-refractivity contribution in [2.45, 2.75) is 25.9 Å². The number of ether oxygens (including phenoxy) is 1. The van der Waals surface area contributed by atoms with Gasteiger partial charge in [-0.1, -0.05) is 6.07 Å². The zero-order valence-electron chi connectivity index (χ0n) is 14.8. The van der Waals surface area contributed by atoms with Crippen LogP contribution in [-0.4, -0.2) is 17.1 Å².